The lowest BCUT2D eigenvalue weighted by atomic mass is 10.00. The molecule has 0 aromatic rings. The molecule has 54 valence electrons. The molecule has 0 bridgehead atoms. The van der Waals surface area contributed by atoms with E-state index in [0.29, 0.717) is 6.04 Å². The summed E-state index contributed by atoms with van der Waals surface area (Å²) in [5.74, 6) is 0.759. The predicted molar refractivity (Wildman–Crippen MR) is 41.3 cm³/mol. The summed E-state index contributed by atoms with van der Waals surface area (Å²) in [4.78, 5) is 0. The lowest BCUT2D eigenvalue weighted by Gasteiger charge is -2.09. The summed E-state index contributed by atoms with van der Waals surface area (Å²) >= 11 is 0. The van der Waals surface area contributed by atoms with Gasteiger partial charge in [-0.15, -0.1) is 0 Å². The Balaban J connectivity index is 2.12. The van der Waals surface area contributed by atoms with Crippen LogP contribution in [0.1, 0.15) is 6.42 Å². The molecule has 1 fully saturated rings. The van der Waals surface area contributed by atoms with Crippen LogP contribution in [0.15, 0.2) is 24.3 Å². The Kier molecular flexibility index (Phi) is 1.57. The van der Waals surface area contributed by atoms with Gasteiger partial charge < -0.3 is 0 Å². The highest BCUT2D eigenvalue weighted by atomic mass is 15.4. The molecule has 2 unspecified atom stereocenters. The van der Waals surface area contributed by atoms with Gasteiger partial charge in [0.05, 0.1) is 0 Å². The molecule has 2 atom stereocenters. The fraction of sp³-hybridized carbons (Fsp3) is 0.500. The average molecular weight is 136 g/mol. The smallest absolute Gasteiger partial charge is 0.0439 e. The van der Waals surface area contributed by atoms with Crippen molar-refractivity contribution in [3.63, 3.8) is 0 Å². The molecule has 2 aliphatic rings. The Bertz CT molecular complexity index is 172. The number of rotatable bonds is 0. The molecule has 0 amide bonds. The van der Waals surface area contributed by atoms with Crippen molar-refractivity contribution in [1.29, 1.82) is 0 Å². The molecule has 0 aromatic carbocycles. The summed E-state index contributed by atoms with van der Waals surface area (Å²) < 4.78 is 0. The Hall–Kier alpha value is -0.600. The van der Waals surface area contributed by atoms with E-state index in [9.17, 15) is 0 Å². The molecule has 0 aromatic heterocycles. The summed E-state index contributed by atoms with van der Waals surface area (Å²) in [5, 5.41) is 0. The maximum atomic E-state index is 3.22. The molecule has 0 radical (unpaired) electrons. The van der Waals surface area contributed by atoms with E-state index in [2.05, 4.69) is 35.2 Å². The van der Waals surface area contributed by atoms with Crippen molar-refractivity contribution < 1.29 is 0 Å². The van der Waals surface area contributed by atoms with Crippen LogP contribution in [-0.4, -0.2) is 12.6 Å². The van der Waals surface area contributed by atoms with E-state index < -0.39 is 0 Å². The minimum Gasteiger partial charge on any atom is -0.257 e. The molecule has 2 N–H and O–H groups in total. The Morgan fingerprint density at radius 2 is 2.30 bits per heavy atom. The fourth-order valence-electron chi connectivity index (χ4n) is 1.50. The Labute approximate surface area is 61.0 Å². The third-order valence-corrected chi connectivity index (χ3v) is 2.15. The van der Waals surface area contributed by atoms with Crippen molar-refractivity contribution in [3.05, 3.63) is 24.3 Å². The minimum atomic E-state index is 0.551. The summed E-state index contributed by atoms with van der Waals surface area (Å²) in [6, 6.07) is 0.551. The zero-order chi connectivity index (χ0) is 6.81. The second-order valence-corrected chi connectivity index (χ2v) is 2.86. The first-order chi connectivity index (χ1) is 4.97. The van der Waals surface area contributed by atoms with Crippen LogP contribution in [0.5, 0.6) is 0 Å². The summed E-state index contributed by atoms with van der Waals surface area (Å²) in [6.45, 7) is 1.10. The van der Waals surface area contributed by atoms with Crippen LogP contribution in [0.2, 0.25) is 0 Å². The highest BCUT2D eigenvalue weighted by molar-refractivity contribution is 5.13. The zero-order valence-electron chi connectivity index (χ0n) is 5.88. The quantitative estimate of drug-likeness (QED) is 0.509. The maximum absolute atomic E-state index is 3.22. The van der Waals surface area contributed by atoms with Gasteiger partial charge in [0.2, 0.25) is 0 Å². The van der Waals surface area contributed by atoms with Gasteiger partial charge in [0.1, 0.15) is 0 Å². The van der Waals surface area contributed by atoms with E-state index in [4.69, 9.17) is 0 Å². The molecule has 1 aliphatic heterocycles. The van der Waals surface area contributed by atoms with Gasteiger partial charge in [0.25, 0.3) is 0 Å². The van der Waals surface area contributed by atoms with Crippen molar-refractivity contribution in [2.24, 2.45) is 5.92 Å². The van der Waals surface area contributed by atoms with Crippen LogP contribution in [0.3, 0.4) is 0 Å². The number of fused-ring (bicyclic) bond motifs is 1. The topological polar surface area (TPSA) is 24.1 Å². The SMILES string of the molecule is C1=CCC2CNNC2C=C1. The molecule has 2 heteroatoms. The van der Waals surface area contributed by atoms with Crippen molar-refractivity contribution in [2.75, 3.05) is 6.54 Å². The minimum absolute atomic E-state index is 0.551. The normalized spacial score (nSPS) is 37.6. The molecule has 10 heavy (non-hydrogen) atoms. The van der Waals surface area contributed by atoms with E-state index in [1.54, 1.807) is 0 Å². The predicted octanol–water partition coefficient (Wildman–Crippen LogP) is 0.595. The van der Waals surface area contributed by atoms with E-state index in [1.807, 2.05) is 0 Å². The fourth-order valence-corrected chi connectivity index (χ4v) is 1.50. The molecule has 2 rings (SSSR count). The highest BCUT2D eigenvalue weighted by Gasteiger charge is 2.23. The maximum Gasteiger partial charge on any atom is 0.0439 e. The van der Waals surface area contributed by atoms with Crippen LogP contribution >= 0.6 is 0 Å². The van der Waals surface area contributed by atoms with Crippen molar-refractivity contribution in [3.8, 4) is 0 Å². The van der Waals surface area contributed by atoms with Gasteiger partial charge in [-0.3, -0.25) is 10.9 Å². The second kappa shape index (κ2) is 2.56. The first-order valence-corrected chi connectivity index (χ1v) is 3.78. The number of hydrogen-bond acceptors (Lipinski definition) is 2. The van der Waals surface area contributed by atoms with Gasteiger partial charge in [-0.25, -0.2) is 0 Å². The molecule has 2 nitrogen and oxygen atoms in total. The monoisotopic (exact) mass is 136 g/mol. The highest BCUT2D eigenvalue weighted by Crippen LogP contribution is 2.16. The number of hydrogen-bond donors (Lipinski definition) is 2. The molecule has 0 saturated carbocycles. The van der Waals surface area contributed by atoms with Crippen LogP contribution < -0.4 is 10.9 Å². The van der Waals surface area contributed by atoms with Crippen LogP contribution in [-0.2, 0) is 0 Å². The largest absolute Gasteiger partial charge is 0.257 e. The van der Waals surface area contributed by atoms with E-state index >= 15 is 0 Å². The summed E-state index contributed by atoms with van der Waals surface area (Å²) in [5.41, 5.74) is 6.38. The first kappa shape index (κ1) is 6.13. The number of allylic oxidation sites excluding steroid dienone is 3. The number of nitrogens with one attached hydrogen (secondary N) is 2. The molecular formula is C8H12N2. The lowest BCUT2D eigenvalue weighted by molar-refractivity contribution is 0.540. The zero-order valence-corrected chi connectivity index (χ0v) is 5.88. The third kappa shape index (κ3) is 1.00. The van der Waals surface area contributed by atoms with E-state index in [-0.39, 0.29) is 0 Å². The van der Waals surface area contributed by atoms with Crippen LogP contribution in [0.4, 0.5) is 0 Å². The molecule has 1 saturated heterocycles. The molecule has 0 spiro atoms. The van der Waals surface area contributed by atoms with Gasteiger partial charge in [-0.2, -0.15) is 0 Å². The van der Waals surface area contributed by atoms with E-state index in [0.717, 1.165) is 12.5 Å². The van der Waals surface area contributed by atoms with Crippen molar-refractivity contribution >= 4 is 0 Å². The van der Waals surface area contributed by atoms with E-state index in [1.165, 1.54) is 6.42 Å². The second-order valence-electron chi connectivity index (χ2n) is 2.86. The molecular weight excluding hydrogens is 124 g/mol. The Morgan fingerprint density at radius 3 is 3.30 bits per heavy atom. The third-order valence-electron chi connectivity index (χ3n) is 2.15. The summed E-state index contributed by atoms with van der Waals surface area (Å²) in [6.07, 6.45) is 9.88. The van der Waals surface area contributed by atoms with Gasteiger partial charge >= 0.3 is 0 Å². The van der Waals surface area contributed by atoms with Gasteiger partial charge in [0.15, 0.2) is 0 Å². The lowest BCUT2D eigenvalue weighted by Crippen LogP contribution is -2.29. The van der Waals surface area contributed by atoms with Crippen molar-refractivity contribution in [1.82, 2.24) is 10.9 Å². The number of hydrazine groups is 1. The first-order valence-electron chi connectivity index (χ1n) is 3.78. The standard InChI is InChI=1S/C8H12N2/c1-2-4-7-6-9-10-8(7)5-3-1/h1-3,5,7-10H,4,6H2. The Morgan fingerprint density at radius 1 is 1.30 bits per heavy atom. The average Bonchev–Trinajstić information content (AvgIpc) is 2.28. The van der Waals surface area contributed by atoms with Gasteiger partial charge in [0, 0.05) is 12.6 Å². The summed E-state index contributed by atoms with van der Waals surface area (Å²) in [7, 11) is 0. The molecule has 1 aliphatic carbocycles. The van der Waals surface area contributed by atoms with Gasteiger partial charge in [-0.1, -0.05) is 24.3 Å². The van der Waals surface area contributed by atoms with Crippen LogP contribution in [0, 0.1) is 5.92 Å². The van der Waals surface area contributed by atoms with Gasteiger partial charge in [-0.05, 0) is 12.3 Å². The molecule has 1 heterocycles. The van der Waals surface area contributed by atoms with Crippen molar-refractivity contribution in [2.45, 2.75) is 12.5 Å². The van der Waals surface area contributed by atoms with Crippen LogP contribution in [0.25, 0.3) is 0 Å².